The van der Waals surface area contributed by atoms with Crippen molar-refractivity contribution < 1.29 is 14.1 Å². The Kier molecular flexibility index (Phi) is 7.00. The standard InChI is InChI=1S/C20H31BO3/c1-9-12-16(18(22)13-10-2)14-15(4)17(11-3)21-23-19(5,6)20(7,8)24-21/h9,11-12,14H,1,10,13H2,2-8H3/b15-14-,16-12-,17-11+. The van der Waals surface area contributed by atoms with Gasteiger partial charge in [-0.25, -0.2) is 0 Å². The van der Waals surface area contributed by atoms with Gasteiger partial charge in [-0.05, 0) is 59.5 Å². The van der Waals surface area contributed by atoms with Crippen molar-refractivity contribution in [3.05, 3.63) is 47.5 Å². The minimum absolute atomic E-state index is 0.126. The maximum absolute atomic E-state index is 12.3. The first kappa shape index (κ1) is 20.7. The van der Waals surface area contributed by atoms with Crippen LogP contribution in [0.4, 0.5) is 0 Å². The molecule has 4 heteroatoms. The van der Waals surface area contributed by atoms with Gasteiger partial charge >= 0.3 is 7.12 Å². The molecule has 0 aliphatic carbocycles. The summed E-state index contributed by atoms with van der Waals surface area (Å²) in [4.78, 5) is 12.3. The average molecular weight is 330 g/mol. The van der Waals surface area contributed by atoms with E-state index in [0.717, 1.165) is 17.5 Å². The Labute approximate surface area is 147 Å². The van der Waals surface area contributed by atoms with E-state index in [4.69, 9.17) is 9.31 Å². The predicted molar refractivity (Wildman–Crippen MR) is 102 cm³/mol. The molecule has 24 heavy (non-hydrogen) atoms. The molecule has 0 amide bonds. The van der Waals surface area contributed by atoms with Crippen LogP contribution in [0.25, 0.3) is 0 Å². The predicted octanol–water partition coefficient (Wildman–Crippen LogP) is 4.99. The lowest BCUT2D eigenvalue weighted by atomic mass is 9.73. The molecule has 0 unspecified atom stereocenters. The zero-order chi connectivity index (χ0) is 18.5. The summed E-state index contributed by atoms with van der Waals surface area (Å²) in [7, 11) is -0.428. The number of carbonyl (C=O) groups excluding carboxylic acids is 1. The van der Waals surface area contributed by atoms with Crippen LogP contribution in [-0.4, -0.2) is 24.1 Å². The van der Waals surface area contributed by atoms with E-state index in [0.29, 0.717) is 12.0 Å². The van der Waals surface area contributed by atoms with Crippen LogP contribution in [0.2, 0.25) is 0 Å². The molecular formula is C20H31BO3. The van der Waals surface area contributed by atoms with E-state index in [1.807, 2.05) is 60.6 Å². The number of hydrogen-bond acceptors (Lipinski definition) is 3. The highest BCUT2D eigenvalue weighted by atomic mass is 16.7. The van der Waals surface area contributed by atoms with Gasteiger partial charge in [-0.1, -0.05) is 37.3 Å². The van der Waals surface area contributed by atoms with Gasteiger partial charge in [-0.3, -0.25) is 4.79 Å². The molecule has 1 aliphatic heterocycles. The van der Waals surface area contributed by atoms with Crippen LogP contribution >= 0.6 is 0 Å². The maximum atomic E-state index is 12.3. The number of rotatable bonds is 7. The van der Waals surface area contributed by atoms with E-state index < -0.39 is 7.12 Å². The molecule has 0 radical (unpaired) electrons. The Morgan fingerprint density at radius 1 is 1.17 bits per heavy atom. The summed E-state index contributed by atoms with van der Waals surface area (Å²) in [6.45, 7) is 17.8. The van der Waals surface area contributed by atoms with E-state index >= 15 is 0 Å². The van der Waals surface area contributed by atoms with E-state index in [9.17, 15) is 4.79 Å². The van der Waals surface area contributed by atoms with Crippen LogP contribution < -0.4 is 0 Å². The largest absolute Gasteiger partial charge is 0.494 e. The summed E-state index contributed by atoms with van der Waals surface area (Å²) in [5.41, 5.74) is 1.82. The van der Waals surface area contributed by atoms with Gasteiger partial charge in [0.2, 0.25) is 0 Å². The van der Waals surface area contributed by atoms with Gasteiger partial charge in [0.25, 0.3) is 0 Å². The van der Waals surface area contributed by atoms with Gasteiger partial charge in [-0.15, -0.1) is 0 Å². The molecule has 3 nitrogen and oxygen atoms in total. The van der Waals surface area contributed by atoms with Crippen LogP contribution in [0.3, 0.4) is 0 Å². The number of ketones is 1. The molecule has 132 valence electrons. The van der Waals surface area contributed by atoms with E-state index in [2.05, 4.69) is 6.58 Å². The first-order chi connectivity index (χ1) is 11.1. The Morgan fingerprint density at radius 3 is 2.12 bits per heavy atom. The van der Waals surface area contributed by atoms with Gasteiger partial charge in [0.05, 0.1) is 11.2 Å². The van der Waals surface area contributed by atoms with Crippen LogP contribution in [0.15, 0.2) is 47.5 Å². The molecule has 0 aromatic heterocycles. The fraction of sp³-hybridized carbons (Fsp3) is 0.550. The lowest BCUT2D eigenvalue weighted by Crippen LogP contribution is -2.41. The van der Waals surface area contributed by atoms with Crippen molar-refractivity contribution >= 4 is 12.9 Å². The van der Waals surface area contributed by atoms with Crippen molar-refractivity contribution in [1.82, 2.24) is 0 Å². The molecule has 0 N–H and O–H groups in total. The van der Waals surface area contributed by atoms with E-state index in [1.54, 1.807) is 12.2 Å². The third-order valence-corrected chi connectivity index (χ3v) is 4.74. The van der Waals surface area contributed by atoms with Crippen molar-refractivity contribution in [3.63, 3.8) is 0 Å². The highest BCUT2D eigenvalue weighted by molar-refractivity contribution is 6.56. The zero-order valence-corrected chi connectivity index (χ0v) is 16.2. The first-order valence-corrected chi connectivity index (χ1v) is 8.66. The van der Waals surface area contributed by atoms with Crippen molar-refractivity contribution in [1.29, 1.82) is 0 Å². The number of carbonyl (C=O) groups is 1. The fourth-order valence-electron chi connectivity index (χ4n) is 2.56. The van der Waals surface area contributed by atoms with Crippen molar-refractivity contribution in [3.8, 4) is 0 Å². The normalized spacial score (nSPS) is 21.1. The van der Waals surface area contributed by atoms with E-state index in [-0.39, 0.29) is 17.0 Å². The van der Waals surface area contributed by atoms with Gasteiger partial charge in [0, 0.05) is 12.0 Å². The second-order valence-corrected chi connectivity index (χ2v) is 7.19. The number of allylic oxidation sites excluding steroid dienone is 7. The quantitative estimate of drug-likeness (QED) is 0.375. The summed E-state index contributed by atoms with van der Waals surface area (Å²) < 4.78 is 12.3. The SMILES string of the molecule is C=C/C=C(/C=C(C)\C(=C/C)B1OC(C)(C)C(C)(C)O1)C(=O)CCC. The first-order valence-electron chi connectivity index (χ1n) is 8.66. The van der Waals surface area contributed by atoms with Crippen molar-refractivity contribution in [2.75, 3.05) is 0 Å². The Bertz CT molecular complexity index is 564. The lowest BCUT2D eigenvalue weighted by Gasteiger charge is -2.32. The number of hydrogen-bond donors (Lipinski definition) is 0. The summed E-state index contributed by atoms with van der Waals surface area (Å²) >= 11 is 0. The Balaban J connectivity index is 3.10. The smallest absolute Gasteiger partial charge is 0.399 e. The summed E-state index contributed by atoms with van der Waals surface area (Å²) in [6.07, 6.45) is 8.67. The van der Waals surface area contributed by atoms with Gasteiger partial charge in [0.15, 0.2) is 5.78 Å². The minimum Gasteiger partial charge on any atom is -0.399 e. The number of Topliss-reactive ketones (excluding diaryl/α,β-unsaturated/α-hetero) is 1. The molecule has 1 fully saturated rings. The molecule has 1 saturated heterocycles. The van der Waals surface area contributed by atoms with Crippen LogP contribution in [0, 0.1) is 0 Å². The minimum atomic E-state index is -0.428. The third-order valence-electron chi connectivity index (χ3n) is 4.74. The fourth-order valence-corrected chi connectivity index (χ4v) is 2.56. The van der Waals surface area contributed by atoms with Gasteiger partial charge < -0.3 is 9.31 Å². The highest BCUT2D eigenvalue weighted by Gasteiger charge is 2.52. The zero-order valence-electron chi connectivity index (χ0n) is 16.2. The topological polar surface area (TPSA) is 35.5 Å². The molecule has 0 aromatic carbocycles. The van der Waals surface area contributed by atoms with Gasteiger partial charge in [-0.2, -0.15) is 0 Å². The van der Waals surface area contributed by atoms with Crippen molar-refractivity contribution in [2.24, 2.45) is 0 Å². The molecule has 1 aliphatic rings. The molecule has 0 aromatic rings. The molecule has 0 bridgehead atoms. The Morgan fingerprint density at radius 2 is 1.71 bits per heavy atom. The molecular weight excluding hydrogens is 299 g/mol. The summed E-state index contributed by atoms with van der Waals surface area (Å²) in [6, 6.07) is 0. The molecule has 1 heterocycles. The Hall–Kier alpha value is -1.39. The molecule has 1 rings (SSSR count). The molecule has 0 spiro atoms. The van der Waals surface area contributed by atoms with E-state index in [1.165, 1.54) is 0 Å². The van der Waals surface area contributed by atoms with Gasteiger partial charge in [0.1, 0.15) is 0 Å². The van der Waals surface area contributed by atoms with Crippen LogP contribution in [0.5, 0.6) is 0 Å². The average Bonchev–Trinajstić information content (AvgIpc) is 2.67. The third kappa shape index (κ3) is 4.58. The monoisotopic (exact) mass is 330 g/mol. The molecule has 0 atom stereocenters. The second-order valence-electron chi connectivity index (χ2n) is 7.19. The van der Waals surface area contributed by atoms with Crippen LogP contribution in [0.1, 0.15) is 61.3 Å². The second kappa shape index (κ2) is 8.13. The maximum Gasteiger partial charge on any atom is 0.494 e. The van der Waals surface area contributed by atoms with Crippen molar-refractivity contribution in [2.45, 2.75) is 72.5 Å². The highest BCUT2D eigenvalue weighted by Crippen LogP contribution is 2.39. The summed E-state index contributed by atoms with van der Waals surface area (Å²) in [5, 5.41) is 0. The molecule has 0 saturated carbocycles. The lowest BCUT2D eigenvalue weighted by molar-refractivity contribution is -0.115. The van der Waals surface area contributed by atoms with Crippen LogP contribution in [-0.2, 0) is 14.1 Å². The summed E-state index contributed by atoms with van der Waals surface area (Å²) in [5.74, 6) is 0.126.